The molecule has 5 heteroatoms. The summed E-state index contributed by atoms with van der Waals surface area (Å²) in [5.74, 6) is 1.83. The second-order valence-electron chi connectivity index (χ2n) is 8.66. The van der Waals surface area contributed by atoms with Gasteiger partial charge in [-0.15, -0.1) is 0 Å². The summed E-state index contributed by atoms with van der Waals surface area (Å²) in [7, 11) is 0. The van der Waals surface area contributed by atoms with Crippen molar-refractivity contribution in [2.24, 2.45) is 17.8 Å². The van der Waals surface area contributed by atoms with Crippen molar-refractivity contribution < 1.29 is 19.4 Å². The van der Waals surface area contributed by atoms with Gasteiger partial charge in [-0.2, -0.15) is 0 Å². The predicted molar refractivity (Wildman–Crippen MR) is 96.4 cm³/mol. The summed E-state index contributed by atoms with van der Waals surface area (Å²) >= 11 is 0. The summed E-state index contributed by atoms with van der Waals surface area (Å²) < 4.78 is 5.35. The Kier molecular flexibility index (Phi) is 4.41. The van der Waals surface area contributed by atoms with E-state index in [1.807, 2.05) is 0 Å². The number of carbonyl (C=O) groups excluding carboxylic acids is 2. The Labute approximate surface area is 154 Å². The zero-order valence-corrected chi connectivity index (χ0v) is 15.2. The molecule has 1 atom stereocenters. The van der Waals surface area contributed by atoms with Crippen molar-refractivity contribution in [2.75, 3.05) is 0 Å². The molecule has 4 aliphatic carbocycles. The molecule has 140 valence electrons. The lowest BCUT2D eigenvalue weighted by molar-refractivity contribution is -0.156. The minimum Gasteiger partial charge on any atom is -0.508 e. The number of aromatic hydroxyl groups is 1. The van der Waals surface area contributed by atoms with Crippen LogP contribution in [0, 0.1) is 17.8 Å². The van der Waals surface area contributed by atoms with Gasteiger partial charge in [0.1, 0.15) is 5.75 Å². The Bertz CT molecular complexity index is 661. The van der Waals surface area contributed by atoms with Crippen LogP contribution in [-0.2, 0) is 20.7 Å². The molecule has 4 bridgehead atoms. The maximum absolute atomic E-state index is 12.6. The van der Waals surface area contributed by atoms with Gasteiger partial charge in [0.15, 0.2) is 6.10 Å². The van der Waals surface area contributed by atoms with E-state index in [-0.39, 0.29) is 23.6 Å². The number of hydrogen-bond donors (Lipinski definition) is 2. The number of rotatable bonds is 5. The highest BCUT2D eigenvalue weighted by molar-refractivity contribution is 5.84. The van der Waals surface area contributed by atoms with Gasteiger partial charge in [-0.3, -0.25) is 9.59 Å². The topological polar surface area (TPSA) is 75.6 Å². The minimum absolute atomic E-state index is 0.0660. The van der Waals surface area contributed by atoms with E-state index in [4.69, 9.17) is 4.74 Å². The highest BCUT2D eigenvalue weighted by Gasteiger charge is 2.51. The summed E-state index contributed by atoms with van der Waals surface area (Å²) in [5.41, 5.74) is 0.685. The smallest absolute Gasteiger partial charge is 0.311 e. The molecule has 4 aliphatic rings. The molecule has 5 nitrogen and oxygen atoms in total. The van der Waals surface area contributed by atoms with E-state index in [0.29, 0.717) is 0 Å². The summed E-state index contributed by atoms with van der Waals surface area (Å²) in [6.45, 7) is 1.64. The predicted octanol–water partition coefficient (Wildman–Crippen LogP) is 2.95. The number of carbonyl (C=O) groups is 2. The van der Waals surface area contributed by atoms with Crippen LogP contribution >= 0.6 is 0 Å². The molecule has 0 saturated heterocycles. The van der Waals surface area contributed by atoms with Crippen molar-refractivity contribution in [2.45, 2.75) is 63.5 Å². The molecule has 26 heavy (non-hydrogen) atoms. The Morgan fingerprint density at radius 1 is 1.12 bits per heavy atom. The number of ether oxygens (including phenoxy) is 1. The quantitative estimate of drug-likeness (QED) is 0.795. The summed E-state index contributed by atoms with van der Waals surface area (Å²) in [6.07, 6.45) is 6.53. The maximum atomic E-state index is 12.6. The Morgan fingerprint density at radius 3 is 2.19 bits per heavy atom. The van der Waals surface area contributed by atoms with Gasteiger partial charge in [0, 0.05) is 5.54 Å². The first-order valence-electron chi connectivity index (χ1n) is 9.70. The fraction of sp³-hybridized carbons (Fsp3) is 0.619. The first-order chi connectivity index (χ1) is 12.4. The van der Waals surface area contributed by atoms with E-state index in [1.165, 1.54) is 31.4 Å². The van der Waals surface area contributed by atoms with E-state index < -0.39 is 12.1 Å². The fourth-order valence-corrected chi connectivity index (χ4v) is 5.70. The van der Waals surface area contributed by atoms with E-state index in [2.05, 4.69) is 5.32 Å². The van der Waals surface area contributed by atoms with Gasteiger partial charge >= 0.3 is 5.97 Å². The lowest BCUT2D eigenvalue weighted by Gasteiger charge is -2.57. The molecular formula is C21H27NO4. The number of benzene rings is 1. The Morgan fingerprint density at radius 2 is 1.65 bits per heavy atom. The number of phenols is 1. The van der Waals surface area contributed by atoms with Crippen molar-refractivity contribution in [1.82, 2.24) is 5.32 Å². The first kappa shape index (κ1) is 17.4. The Hall–Kier alpha value is -2.04. The zero-order chi connectivity index (χ0) is 18.3. The third kappa shape index (κ3) is 3.57. The molecule has 0 aromatic heterocycles. The number of amides is 1. The second-order valence-corrected chi connectivity index (χ2v) is 8.66. The molecule has 0 spiro atoms. The van der Waals surface area contributed by atoms with Crippen LogP contribution in [0.4, 0.5) is 0 Å². The van der Waals surface area contributed by atoms with Gasteiger partial charge < -0.3 is 15.2 Å². The monoisotopic (exact) mass is 357 g/mol. The molecule has 4 fully saturated rings. The van der Waals surface area contributed by atoms with Crippen LogP contribution in [0.1, 0.15) is 51.0 Å². The number of nitrogens with one attached hydrogen (secondary N) is 1. The molecule has 0 radical (unpaired) electrons. The van der Waals surface area contributed by atoms with E-state index in [1.54, 1.807) is 19.1 Å². The highest BCUT2D eigenvalue weighted by atomic mass is 16.5. The van der Waals surface area contributed by atoms with Crippen molar-refractivity contribution in [3.8, 4) is 5.75 Å². The van der Waals surface area contributed by atoms with Crippen LogP contribution in [0.15, 0.2) is 24.3 Å². The standard InChI is InChI=1S/C21H27NO4/c1-13(26-19(24)9-14-2-4-18(23)5-3-14)20(25)22-21-10-15-6-16(11-21)8-17(7-15)12-21/h2-5,13,15-17,23H,6-12H2,1H3,(H,22,25)/t13-,15?,16?,17?,21?/m0/s1. The van der Waals surface area contributed by atoms with Gasteiger partial charge in [0.2, 0.25) is 0 Å². The third-order valence-electron chi connectivity index (χ3n) is 6.39. The van der Waals surface area contributed by atoms with Crippen LogP contribution in [-0.4, -0.2) is 28.6 Å². The third-order valence-corrected chi connectivity index (χ3v) is 6.39. The molecule has 0 heterocycles. The highest BCUT2D eigenvalue weighted by Crippen LogP contribution is 2.55. The molecule has 4 saturated carbocycles. The van der Waals surface area contributed by atoms with Crippen molar-refractivity contribution in [1.29, 1.82) is 0 Å². The second kappa shape index (κ2) is 6.60. The lowest BCUT2D eigenvalue weighted by Crippen LogP contribution is -2.61. The molecule has 2 N–H and O–H groups in total. The van der Waals surface area contributed by atoms with Gasteiger partial charge in [0.25, 0.3) is 5.91 Å². The van der Waals surface area contributed by atoms with Crippen molar-refractivity contribution in [3.63, 3.8) is 0 Å². The molecule has 1 amide bonds. The molecular weight excluding hydrogens is 330 g/mol. The van der Waals surface area contributed by atoms with Crippen molar-refractivity contribution in [3.05, 3.63) is 29.8 Å². The number of hydrogen-bond acceptors (Lipinski definition) is 4. The van der Waals surface area contributed by atoms with Gasteiger partial charge in [0.05, 0.1) is 6.42 Å². The van der Waals surface area contributed by atoms with E-state index >= 15 is 0 Å². The summed E-state index contributed by atoms with van der Waals surface area (Å²) in [5, 5.41) is 12.5. The Balaban J connectivity index is 1.32. The molecule has 0 aliphatic heterocycles. The molecule has 1 aromatic carbocycles. The zero-order valence-electron chi connectivity index (χ0n) is 15.2. The van der Waals surface area contributed by atoms with Gasteiger partial charge in [-0.05, 0) is 80.9 Å². The van der Waals surface area contributed by atoms with E-state index in [0.717, 1.165) is 42.6 Å². The van der Waals surface area contributed by atoms with Crippen LogP contribution < -0.4 is 5.32 Å². The summed E-state index contributed by atoms with van der Waals surface area (Å²) in [6, 6.07) is 6.42. The normalized spacial score (nSPS) is 32.9. The van der Waals surface area contributed by atoms with Gasteiger partial charge in [-0.25, -0.2) is 0 Å². The van der Waals surface area contributed by atoms with Crippen LogP contribution in [0.5, 0.6) is 5.75 Å². The largest absolute Gasteiger partial charge is 0.508 e. The summed E-state index contributed by atoms with van der Waals surface area (Å²) in [4.78, 5) is 24.8. The fourth-order valence-electron chi connectivity index (χ4n) is 5.70. The minimum atomic E-state index is -0.785. The average molecular weight is 357 g/mol. The van der Waals surface area contributed by atoms with Crippen molar-refractivity contribution >= 4 is 11.9 Å². The average Bonchev–Trinajstić information content (AvgIpc) is 2.55. The van der Waals surface area contributed by atoms with Crippen LogP contribution in [0.3, 0.4) is 0 Å². The SMILES string of the molecule is C[C@H](OC(=O)Cc1ccc(O)cc1)C(=O)NC12CC3CC(CC(C3)C1)C2. The maximum Gasteiger partial charge on any atom is 0.311 e. The van der Waals surface area contributed by atoms with E-state index in [9.17, 15) is 14.7 Å². The van der Waals surface area contributed by atoms with Crippen LogP contribution in [0.2, 0.25) is 0 Å². The molecule has 1 aromatic rings. The lowest BCUT2D eigenvalue weighted by atomic mass is 9.53. The first-order valence-corrected chi connectivity index (χ1v) is 9.70. The number of esters is 1. The van der Waals surface area contributed by atoms with Crippen LogP contribution in [0.25, 0.3) is 0 Å². The molecule has 0 unspecified atom stereocenters. The molecule has 5 rings (SSSR count). The number of phenolic OH excluding ortho intramolecular Hbond substituents is 1. The van der Waals surface area contributed by atoms with Gasteiger partial charge in [-0.1, -0.05) is 12.1 Å².